The van der Waals surface area contributed by atoms with E-state index in [1.54, 1.807) is 14.2 Å². The average Bonchev–Trinajstić information content (AvgIpc) is 3.37. The van der Waals surface area contributed by atoms with Crippen LogP contribution >= 0.6 is 0 Å². The summed E-state index contributed by atoms with van der Waals surface area (Å²) in [7, 11) is 3.33. The van der Waals surface area contributed by atoms with E-state index in [0.29, 0.717) is 37.9 Å². The van der Waals surface area contributed by atoms with Gasteiger partial charge in [-0.1, -0.05) is 33.8 Å². The highest BCUT2D eigenvalue weighted by atomic mass is 16.5. The summed E-state index contributed by atoms with van der Waals surface area (Å²) >= 11 is 0. The first-order valence-electron chi connectivity index (χ1n) is 14.0. The van der Waals surface area contributed by atoms with Gasteiger partial charge in [-0.3, -0.25) is 5.32 Å². The molecule has 1 aliphatic rings. The van der Waals surface area contributed by atoms with Gasteiger partial charge in [0.05, 0.1) is 19.8 Å². The molecule has 1 saturated heterocycles. The molecule has 6 N–H and O–H groups in total. The Bertz CT molecular complexity index is 757. The maximum absolute atomic E-state index is 11.1. The number of methoxy groups -OCH3 is 2. The lowest BCUT2D eigenvalue weighted by Crippen LogP contribution is -2.48. The van der Waals surface area contributed by atoms with Crippen molar-refractivity contribution in [2.24, 2.45) is 29.4 Å². The molecule has 1 unspecified atom stereocenters. The molecule has 1 aromatic carbocycles. The monoisotopic (exact) mass is 523 g/mol. The average molecular weight is 524 g/mol. The van der Waals surface area contributed by atoms with Crippen molar-refractivity contribution < 1.29 is 24.4 Å². The van der Waals surface area contributed by atoms with Crippen LogP contribution in [0.3, 0.4) is 0 Å². The van der Waals surface area contributed by atoms with Crippen LogP contribution in [0.25, 0.3) is 0 Å². The molecular formula is C29H53N3O5. The van der Waals surface area contributed by atoms with Crippen LogP contribution in [0.4, 0.5) is 0 Å². The fourth-order valence-corrected chi connectivity index (χ4v) is 5.13. The van der Waals surface area contributed by atoms with Crippen molar-refractivity contribution in [1.82, 2.24) is 10.6 Å². The van der Waals surface area contributed by atoms with Gasteiger partial charge in [-0.05, 0) is 67.7 Å². The van der Waals surface area contributed by atoms with E-state index in [-0.39, 0.29) is 23.9 Å². The number of benzene rings is 1. The quantitative estimate of drug-likeness (QED) is 0.147. The Morgan fingerprint density at radius 3 is 2.41 bits per heavy atom. The van der Waals surface area contributed by atoms with Crippen molar-refractivity contribution in [3.63, 3.8) is 0 Å². The van der Waals surface area contributed by atoms with Crippen LogP contribution in [0, 0.1) is 23.7 Å². The number of hydrogen-bond acceptors (Lipinski definition) is 8. The van der Waals surface area contributed by atoms with Crippen molar-refractivity contribution in [3.05, 3.63) is 23.8 Å². The number of nitrogens with two attached hydrogens (primary N) is 1. The molecule has 0 saturated carbocycles. The molecule has 1 aliphatic heterocycles. The molecule has 37 heavy (non-hydrogen) atoms. The summed E-state index contributed by atoms with van der Waals surface area (Å²) in [4.78, 5) is 0. The molecule has 0 aromatic heterocycles. The summed E-state index contributed by atoms with van der Waals surface area (Å²) in [5, 5.41) is 28.6. The second kappa shape index (κ2) is 16.5. The van der Waals surface area contributed by atoms with Crippen LogP contribution in [-0.4, -0.2) is 75.2 Å². The minimum absolute atomic E-state index is 0.0708. The SMILES string of the molecule is COCCCOc1cc(C[C@@H](C[C@H](N)[C@@H](O)C[C@@H](C(C)C)C(O)N[C@@H]2CCNC2)C(C)C)ccc1OC. The molecule has 0 radical (unpaired) electrons. The van der Waals surface area contributed by atoms with Crippen LogP contribution in [-0.2, 0) is 11.2 Å². The van der Waals surface area contributed by atoms with Gasteiger partial charge in [-0.15, -0.1) is 0 Å². The van der Waals surface area contributed by atoms with Crippen LogP contribution in [0.2, 0.25) is 0 Å². The van der Waals surface area contributed by atoms with E-state index in [2.05, 4.69) is 50.5 Å². The van der Waals surface area contributed by atoms with Gasteiger partial charge in [-0.2, -0.15) is 0 Å². The third-order valence-electron chi connectivity index (χ3n) is 7.73. The summed E-state index contributed by atoms with van der Waals surface area (Å²) in [6, 6.07) is 5.99. The number of nitrogens with one attached hydrogen (secondary N) is 2. The van der Waals surface area contributed by atoms with Crippen LogP contribution in [0.5, 0.6) is 11.5 Å². The standard InChI is InChI=1S/C29H53N3O5/c1-19(2)22(14-21-8-9-27(36-6)28(15-21)37-13-7-12-35-5)16-25(30)26(33)17-24(20(3)4)29(34)32-23-10-11-31-18-23/h8-9,15,19-20,22-26,29,31-34H,7,10-14,16-18,30H2,1-6H3/t22-,23+,24-,25-,26-,29?/m0/s1. The molecule has 1 fully saturated rings. The molecule has 8 nitrogen and oxygen atoms in total. The number of aliphatic hydroxyl groups is 2. The van der Waals surface area contributed by atoms with Crippen molar-refractivity contribution in [1.29, 1.82) is 0 Å². The molecule has 0 amide bonds. The van der Waals surface area contributed by atoms with Crippen LogP contribution < -0.4 is 25.8 Å². The summed E-state index contributed by atoms with van der Waals surface area (Å²) in [5.41, 5.74) is 7.73. The Labute approximate surface area is 224 Å². The topological polar surface area (TPSA) is 118 Å². The van der Waals surface area contributed by atoms with Crippen LogP contribution in [0.15, 0.2) is 18.2 Å². The smallest absolute Gasteiger partial charge is 0.161 e. The van der Waals surface area contributed by atoms with Gasteiger partial charge in [0.1, 0.15) is 6.23 Å². The van der Waals surface area contributed by atoms with Gasteiger partial charge < -0.3 is 35.5 Å². The van der Waals surface area contributed by atoms with E-state index >= 15 is 0 Å². The molecule has 6 atom stereocenters. The van der Waals surface area contributed by atoms with E-state index in [4.69, 9.17) is 19.9 Å². The largest absolute Gasteiger partial charge is 0.493 e. The first-order valence-corrected chi connectivity index (χ1v) is 14.0. The van der Waals surface area contributed by atoms with Crippen molar-refractivity contribution >= 4 is 0 Å². The maximum atomic E-state index is 11.1. The summed E-state index contributed by atoms with van der Waals surface area (Å²) in [6.45, 7) is 11.6. The van der Waals surface area contributed by atoms with E-state index < -0.39 is 12.3 Å². The van der Waals surface area contributed by atoms with Gasteiger partial charge >= 0.3 is 0 Å². The number of rotatable bonds is 18. The molecule has 214 valence electrons. The van der Waals surface area contributed by atoms with Crippen molar-refractivity contribution in [3.8, 4) is 11.5 Å². The lowest BCUT2D eigenvalue weighted by molar-refractivity contribution is 0.00394. The number of aliphatic hydroxyl groups excluding tert-OH is 2. The normalized spacial score (nSPS) is 20.1. The molecule has 0 bridgehead atoms. The predicted octanol–water partition coefficient (Wildman–Crippen LogP) is 2.94. The zero-order chi connectivity index (χ0) is 27.4. The number of ether oxygens (including phenoxy) is 3. The summed E-state index contributed by atoms with van der Waals surface area (Å²) in [6.07, 6.45) is 2.49. The third-order valence-corrected chi connectivity index (χ3v) is 7.73. The van der Waals surface area contributed by atoms with E-state index in [1.807, 2.05) is 6.07 Å². The molecule has 0 spiro atoms. The lowest BCUT2D eigenvalue weighted by atomic mass is 9.80. The Morgan fingerprint density at radius 1 is 1.05 bits per heavy atom. The second-order valence-electron chi connectivity index (χ2n) is 11.3. The molecule has 1 heterocycles. The maximum Gasteiger partial charge on any atom is 0.161 e. The lowest BCUT2D eigenvalue weighted by Gasteiger charge is -2.33. The Hall–Kier alpha value is -1.42. The van der Waals surface area contributed by atoms with Gasteiger partial charge in [0.15, 0.2) is 11.5 Å². The Morgan fingerprint density at radius 2 is 1.81 bits per heavy atom. The fourth-order valence-electron chi connectivity index (χ4n) is 5.13. The molecule has 0 aliphatic carbocycles. The van der Waals surface area contributed by atoms with Crippen molar-refractivity contribution in [2.75, 3.05) is 40.5 Å². The third kappa shape index (κ3) is 10.7. The highest BCUT2D eigenvalue weighted by Gasteiger charge is 2.31. The zero-order valence-corrected chi connectivity index (χ0v) is 23.9. The zero-order valence-electron chi connectivity index (χ0n) is 23.9. The summed E-state index contributed by atoms with van der Waals surface area (Å²) < 4.78 is 16.6. The van der Waals surface area contributed by atoms with E-state index in [9.17, 15) is 10.2 Å². The van der Waals surface area contributed by atoms with Gasteiger partial charge in [0.2, 0.25) is 0 Å². The second-order valence-corrected chi connectivity index (χ2v) is 11.3. The van der Waals surface area contributed by atoms with Gasteiger partial charge in [0, 0.05) is 44.7 Å². The molecular weight excluding hydrogens is 470 g/mol. The highest BCUT2D eigenvalue weighted by molar-refractivity contribution is 5.43. The van der Waals surface area contributed by atoms with E-state index in [1.165, 1.54) is 0 Å². The molecule has 1 aromatic rings. The predicted molar refractivity (Wildman–Crippen MR) is 149 cm³/mol. The Balaban J connectivity index is 1.99. The minimum Gasteiger partial charge on any atom is -0.493 e. The van der Waals surface area contributed by atoms with E-state index in [0.717, 1.165) is 49.4 Å². The van der Waals surface area contributed by atoms with Gasteiger partial charge in [0.25, 0.3) is 0 Å². The minimum atomic E-state index is -0.678. The van der Waals surface area contributed by atoms with Crippen molar-refractivity contribution in [2.45, 2.75) is 84.2 Å². The molecule has 8 heteroatoms. The highest BCUT2D eigenvalue weighted by Crippen LogP contribution is 2.32. The van der Waals surface area contributed by atoms with Crippen LogP contribution in [0.1, 0.15) is 58.9 Å². The summed E-state index contributed by atoms with van der Waals surface area (Å²) in [5.74, 6) is 2.30. The Kier molecular flexibility index (Phi) is 14.2. The number of hydrogen-bond donors (Lipinski definition) is 5. The fraction of sp³-hybridized carbons (Fsp3) is 0.793. The molecule has 2 rings (SSSR count). The first kappa shape index (κ1) is 31.8. The first-order chi connectivity index (χ1) is 17.7. The van der Waals surface area contributed by atoms with Gasteiger partial charge in [-0.25, -0.2) is 0 Å².